The summed E-state index contributed by atoms with van der Waals surface area (Å²) in [6.45, 7) is 15.5. The smallest absolute Gasteiger partial charge is 0.306 e. The van der Waals surface area contributed by atoms with Crippen molar-refractivity contribution in [1.82, 2.24) is 4.90 Å². The van der Waals surface area contributed by atoms with Gasteiger partial charge in [0.25, 0.3) is 0 Å². The molecule has 1 N–H and O–H groups in total. The monoisotopic (exact) mass is 669 g/mol. The Hall–Kier alpha value is -0.770. The van der Waals surface area contributed by atoms with Crippen LogP contribution in [0.1, 0.15) is 118 Å². The van der Waals surface area contributed by atoms with E-state index in [1.807, 2.05) is 0 Å². The van der Waals surface area contributed by atoms with Crippen molar-refractivity contribution in [3.8, 4) is 0 Å². The number of hydrogen-bond donors (Lipinski definition) is 1. The lowest BCUT2D eigenvalue weighted by Gasteiger charge is -2.60. The molecule has 9 fully saturated rings. The Labute approximate surface area is 288 Å². The molecule has 9 aliphatic rings. The number of carbonyl (C=O) groups excluding carboxylic acids is 1. The second kappa shape index (κ2) is 11.4. The van der Waals surface area contributed by atoms with E-state index in [-0.39, 0.29) is 36.0 Å². The van der Waals surface area contributed by atoms with Gasteiger partial charge < -0.3 is 28.8 Å². The van der Waals surface area contributed by atoms with Gasteiger partial charge in [-0.1, -0.05) is 20.8 Å². The van der Waals surface area contributed by atoms with Gasteiger partial charge in [-0.05, 0) is 142 Å². The molecule has 48 heavy (non-hydrogen) atoms. The van der Waals surface area contributed by atoms with Gasteiger partial charge in [-0.25, -0.2) is 0 Å². The fourth-order valence-corrected chi connectivity index (χ4v) is 13.8. The van der Waals surface area contributed by atoms with E-state index in [9.17, 15) is 9.90 Å². The van der Waals surface area contributed by atoms with E-state index in [1.54, 1.807) is 13.8 Å². The quantitative estimate of drug-likeness (QED) is 0.310. The molecular formula is C40H63NO7. The number of nitrogens with zero attached hydrogens (tertiary/aromatic N) is 1. The Kier molecular flexibility index (Phi) is 7.83. The first-order chi connectivity index (χ1) is 22.8. The maximum atomic E-state index is 12.8. The summed E-state index contributed by atoms with van der Waals surface area (Å²) in [5, 5.41) is 11.1. The number of rotatable bonds is 8. The van der Waals surface area contributed by atoms with Crippen molar-refractivity contribution in [1.29, 1.82) is 0 Å². The highest BCUT2D eigenvalue weighted by Crippen LogP contribution is 2.87. The number of morpholine rings is 1. The number of carbonyl (C=O) groups is 1. The van der Waals surface area contributed by atoms with Gasteiger partial charge in [-0.15, -0.1) is 0 Å². The molecule has 10 unspecified atom stereocenters. The largest absolute Gasteiger partial charge is 0.457 e. The molecule has 0 radical (unpaired) electrons. The lowest BCUT2D eigenvalue weighted by Crippen LogP contribution is -2.58. The summed E-state index contributed by atoms with van der Waals surface area (Å²) in [7, 11) is 0. The summed E-state index contributed by atoms with van der Waals surface area (Å²) >= 11 is 0. The maximum Gasteiger partial charge on any atom is 0.306 e. The van der Waals surface area contributed by atoms with Crippen LogP contribution in [0.5, 0.6) is 0 Å². The highest BCUT2D eigenvalue weighted by Gasteiger charge is 2.80. The first kappa shape index (κ1) is 33.1. The van der Waals surface area contributed by atoms with Crippen LogP contribution in [-0.4, -0.2) is 91.2 Å². The number of esters is 1. The van der Waals surface area contributed by atoms with Gasteiger partial charge >= 0.3 is 5.97 Å². The van der Waals surface area contributed by atoms with E-state index < -0.39 is 11.7 Å². The fourth-order valence-electron chi connectivity index (χ4n) is 13.8. The predicted octanol–water partition coefficient (Wildman–Crippen LogP) is 6.12. The van der Waals surface area contributed by atoms with Gasteiger partial charge in [0, 0.05) is 13.0 Å². The van der Waals surface area contributed by atoms with Crippen LogP contribution in [0, 0.1) is 51.2 Å². The second-order valence-corrected chi connectivity index (χ2v) is 19.7. The standard InChI is InChI=1S/C40H63NO7/c1-36(2)31-11-9-26-28-19-30-27(8-10-29(46-30)35(37(3,4)43)48-33(42)18-24-6-7-24)38(28,5)14-15-39(26)23-40(31,39)13-12-32(36)47-34-20-41(16-17-45-34)25-21-44-22-25/h24-32,34-35,43H,6-23H2,1-5H3/t26?,27?,28?,29?,30?,31?,32-,34?,35-,38?,39?,40?/m0/s1. The summed E-state index contributed by atoms with van der Waals surface area (Å²) in [5.74, 6) is 3.07. The first-order valence-electron chi connectivity index (χ1n) is 20.0. The van der Waals surface area contributed by atoms with Crippen molar-refractivity contribution in [3.05, 3.63) is 0 Å². The highest BCUT2D eigenvalue weighted by molar-refractivity contribution is 5.70. The molecule has 0 aromatic carbocycles. The van der Waals surface area contributed by atoms with E-state index in [2.05, 4.69) is 25.7 Å². The van der Waals surface area contributed by atoms with Crippen LogP contribution in [-0.2, 0) is 28.5 Å². The molecule has 9 rings (SSSR count). The van der Waals surface area contributed by atoms with Crippen LogP contribution in [0.4, 0.5) is 0 Å². The minimum atomic E-state index is -1.13. The average molecular weight is 670 g/mol. The zero-order valence-electron chi connectivity index (χ0n) is 30.4. The molecule has 0 aromatic heterocycles. The lowest BCUT2D eigenvalue weighted by atomic mass is 9.46. The Bertz CT molecular complexity index is 1260. The number of ether oxygens (including phenoxy) is 5. The Balaban J connectivity index is 0.882. The van der Waals surface area contributed by atoms with Crippen molar-refractivity contribution >= 4 is 5.97 Å². The molecule has 0 amide bonds. The molecule has 3 heterocycles. The number of hydrogen-bond acceptors (Lipinski definition) is 8. The van der Waals surface area contributed by atoms with Crippen LogP contribution in [0.25, 0.3) is 0 Å². The van der Waals surface area contributed by atoms with Crippen LogP contribution in [0.3, 0.4) is 0 Å². The first-order valence-corrected chi connectivity index (χ1v) is 20.0. The molecule has 6 saturated carbocycles. The summed E-state index contributed by atoms with van der Waals surface area (Å²) in [6.07, 6.45) is 14.6. The minimum Gasteiger partial charge on any atom is -0.457 e. The molecule has 6 aliphatic carbocycles. The summed E-state index contributed by atoms with van der Waals surface area (Å²) in [4.78, 5) is 15.3. The van der Waals surface area contributed by atoms with Gasteiger partial charge in [0.1, 0.15) is 0 Å². The van der Waals surface area contributed by atoms with E-state index in [1.165, 1.54) is 38.5 Å². The van der Waals surface area contributed by atoms with Crippen LogP contribution in [0.15, 0.2) is 0 Å². The third kappa shape index (κ3) is 5.06. The van der Waals surface area contributed by atoms with Crippen molar-refractivity contribution in [2.24, 2.45) is 51.2 Å². The van der Waals surface area contributed by atoms with Gasteiger partial charge in [-0.2, -0.15) is 0 Å². The van der Waals surface area contributed by atoms with Crippen LogP contribution >= 0.6 is 0 Å². The molecule has 8 nitrogen and oxygen atoms in total. The van der Waals surface area contributed by atoms with E-state index in [0.29, 0.717) is 52.4 Å². The van der Waals surface area contributed by atoms with Crippen molar-refractivity contribution < 1.29 is 33.6 Å². The molecule has 270 valence electrons. The zero-order chi connectivity index (χ0) is 33.3. The molecular weight excluding hydrogens is 606 g/mol. The summed E-state index contributed by atoms with van der Waals surface area (Å²) < 4.78 is 31.6. The summed E-state index contributed by atoms with van der Waals surface area (Å²) in [6, 6.07) is 0.536. The van der Waals surface area contributed by atoms with E-state index >= 15 is 0 Å². The minimum absolute atomic E-state index is 0.124. The lowest BCUT2D eigenvalue weighted by molar-refractivity contribution is -0.253. The van der Waals surface area contributed by atoms with Gasteiger partial charge in [0.05, 0.1) is 56.3 Å². The molecule has 3 saturated heterocycles. The van der Waals surface area contributed by atoms with Crippen molar-refractivity contribution in [3.63, 3.8) is 0 Å². The van der Waals surface area contributed by atoms with Crippen LogP contribution in [0.2, 0.25) is 0 Å². The Morgan fingerprint density at radius 1 is 0.958 bits per heavy atom. The third-order valence-electron chi connectivity index (χ3n) is 16.5. The average Bonchev–Trinajstić information content (AvgIpc) is 3.91. The van der Waals surface area contributed by atoms with E-state index in [0.717, 1.165) is 77.4 Å². The third-order valence-corrected chi connectivity index (χ3v) is 16.5. The van der Waals surface area contributed by atoms with Gasteiger partial charge in [0.15, 0.2) is 12.4 Å². The fraction of sp³-hybridized carbons (Fsp3) is 0.975. The van der Waals surface area contributed by atoms with Crippen LogP contribution < -0.4 is 0 Å². The van der Waals surface area contributed by atoms with Crippen molar-refractivity contribution in [2.45, 2.75) is 160 Å². The topological polar surface area (TPSA) is 86.7 Å². The maximum absolute atomic E-state index is 12.8. The molecule has 0 bridgehead atoms. The van der Waals surface area contributed by atoms with Gasteiger partial charge in [0.2, 0.25) is 0 Å². The molecule has 8 heteroatoms. The Morgan fingerprint density at radius 3 is 2.48 bits per heavy atom. The zero-order valence-corrected chi connectivity index (χ0v) is 30.4. The number of aliphatic hydroxyl groups is 1. The predicted molar refractivity (Wildman–Crippen MR) is 180 cm³/mol. The number of fused-ring (bicyclic) bond motifs is 4. The SMILES string of the molecule is CC12CCC34CC35CC[C@H](OC3CN(C6COC6)CCO3)C(C)(C)C5CCC4C1CC1OC([C@H](OC(=O)CC3CC3)C(C)(C)O)CCC12. The summed E-state index contributed by atoms with van der Waals surface area (Å²) in [5.41, 5.74) is 0.300. The molecule has 2 spiro atoms. The van der Waals surface area contributed by atoms with Crippen molar-refractivity contribution in [2.75, 3.05) is 32.9 Å². The molecule has 0 aromatic rings. The van der Waals surface area contributed by atoms with Gasteiger partial charge in [-0.3, -0.25) is 9.69 Å². The highest BCUT2D eigenvalue weighted by atomic mass is 16.7. The normalized spacial score (nSPS) is 49.0. The molecule has 12 atom stereocenters. The second-order valence-electron chi connectivity index (χ2n) is 19.7. The molecule has 3 aliphatic heterocycles. The Morgan fingerprint density at radius 2 is 1.75 bits per heavy atom. The van der Waals surface area contributed by atoms with E-state index in [4.69, 9.17) is 23.7 Å².